The molecular formula is C13H16ClNS2. The van der Waals surface area contributed by atoms with E-state index in [1.54, 1.807) is 11.3 Å². The summed E-state index contributed by atoms with van der Waals surface area (Å²) in [5.41, 5.74) is 7.37. The van der Waals surface area contributed by atoms with Crippen molar-refractivity contribution in [1.29, 1.82) is 0 Å². The SMILES string of the molecule is CCSc1ccc([C@@H](N)c2cccs2)cc1.Cl. The molecule has 0 fully saturated rings. The molecule has 1 aromatic carbocycles. The fourth-order valence-corrected chi connectivity index (χ4v) is 2.99. The van der Waals surface area contributed by atoms with Gasteiger partial charge in [-0.05, 0) is 34.9 Å². The molecule has 0 saturated heterocycles. The molecule has 0 unspecified atom stereocenters. The first kappa shape index (κ1) is 14.6. The third kappa shape index (κ3) is 3.75. The van der Waals surface area contributed by atoms with Crippen LogP contribution >= 0.6 is 35.5 Å². The first-order valence-electron chi connectivity index (χ1n) is 5.33. The van der Waals surface area contributed by atoms with Crippen LogP contribution in [0.3, 0.4) is 0 Å². The van der Waals surface area contributed by atoms with Gasteiger partial charge in [-0.1, -0.05) is 25.1 Å². The topological polar surface area (TPSA) is 26.0 Å². The smallest absolute Gasteiger partial charge is 0.0646 e. The maximum Gasteiger partial charge on any atom is 0.0646 e. The van der Waals surface area contributed by atoms with Crippen molar-refractivity contribution in [1.82, 2.24) is 0 Å². The number of hydrogen-bond acceptors (Lipinski definition) is 3. The Morgan fingerprint density at radius 3 is 2.47 bits per heavy atom. The Balaban J connectivity index is 0.00000144. The highest BCUT2D eigenvalue weighted by Gasteiger charge is 2.09. The molecule has 0 aliphatic heterocycles. The number of halogens is 1. The number of hydrogen-bond donors (Lipinski definition) is 1. The molecule has 1 heterocycles. The molecule has 17 heavy (non-hydrogen) atoms. The number of nitrogens with two attached hydrogens (primary N) is 1. The second kappa shape index (κ2) is 7.07. The predicted molar refractivity (Wildman–Crippen MR) is 80.4 cm³/mol. The zero-order chi connectivity index (χ0) is 11.4. The Kier molecular flexibility index (Phi) is 6.06. The molecule has 0 spiro atoms. The van der Waals surface area contributed by atoms with Crippen molar-refractivity contribution in [3.63, 3.8) is 0 Å². The number of thioether (sulfide) groups is 1. The molecule has 92 valence electrons. The van der Waals surface area contributed by atoms with Crippen LogP contribution < -0.4 is 5.73 Å². The minimum absolute atomic E-state index is 0. The molecular weight excluding hydrogens is 270 g/mol. The summed E-state index contributed by atoms with van der Waals surface area (Å²) in [7, 11) is 0. The van der Waals surface area contributed by atoms with E-state index < -0.39 is 0 Å². The number of benzene rings is 1. The molecule has 0 aliphatic rings. The maximum atomic E-state index is 6.19. The second-order valence-electron chi connectivity index (χ2n) is 3.50. The average Bonchev–Trinajstić information content (AvgIpc) is 2.83. The summed E-state index contributed by atoms with van der Waals surface area (Å²) < 4.78 is 0. The van der Waals surface area contributed by atoms with Crippen LogP contribution in [0, 0.1) is 0 Å². The normalized spacial score (nSPS) is 11.9. The lowest BCUT2D eigenvalue weighted by atomic mass is 10.1. The standard InChI is InChI=1S/C13H15NS2.ClH/c1-2-15-11-7-5-10(6-8-11)13(14)12-4-3-9-16-12;/h3-9,13H,2,14H2,1H3;1H/t13-;/m1./s1. The molecule has 1 nitrogen and oxygen atoms in total. The summed E-state index contributed by atoms with van der Waals surface area (Å²) in [5.74, 6) is 1.11. The molecule has 0 aliphatic carbocycles. The zero-order valence-electron chi connectivity index (χ0n) is 9.63. The van der Waals surface area contributed by atoms with Crippen molar-refractivity contribution in [3.05, 3.63) is 52.2 Å². The highest BCUT2D eigenvalue weighted by Crippen LogP contribution is 2.25. The van der Waals surface area contributed by atoms with Crippen molar-refractivity contribution in [2.24, 2.45) is 5.73 Å². The average molecular weight is 286 g/mol. The highest BCUT2D eigenvalue weighted by atomic mass is 35.5. The van der Waals surface area contributed by atoms with E-state index in [-0.39, 0.29) is 18.4 Å². The summed E-state index contributed by atoms with van der Waals surface area (Å²) in [5, 5.41) is 2.07. The molecule has 0 saturated carbocycles. The van der Waals surface area contributed by atoms with Crippen molar-refractivity contribution in [3.8, 4) is 0 Å². The lowest BCUT2D eigenvalue weighted by molar-refractivity contribution is 0.891. The van der Waals surface area contributed by atoms with E-state index in [0.717, 1.165) is 5.75 Å². The monoisotopic (exact) mass is 285 g/mol. The van der Waals surface area contributed by atoms with E-state index in [2.05, 4.69) is 42.6 Å². The lowest BCUT2D eigenvalue weighted by Gasteiger charge is -2.10. The minimum Gasteiger partial charge on any atom is -0.320 e. The van der Waals surface area contributed by atoms with Crippen LogP contribution in [-0.2, 0) is 0 Å². The highest BCUT2D eigenvalue weighted by molar-refractivity contribution is 7.99. The molecule has 1 aromatic heterocycles. The van der Waals surface area contributed by atoms with Gasteiger partial charge in [-0.2, -0.15) is 0 Å². The molecule has 4 heteroatoms. The van der Waals surface area contributed by atoms with Crippen LogP contribution in [0.25, 0.3) is 0 Å². The molecule has 2 N–H and O–H groups in total. The van der Waals surface area contributed by atoms with E-state index in [4.69, 9.17) is 5.73 Å². The van der Waals surface area contributed by atoms with E-state index in [9.17, 15) is 0 Å². The van der Waals surface area contributed by atoms with Crippen LogP contribution in [0.1, 0.15) is 23.4 Å². The van der Waals surface area contributed by atoms with Gasteiger partial charge in [0, 0.05) is 9.77 Å². The van der Waals surface area contributed by atoms with Crippen molar-refractivity contribution in [2.45, 2.75) is 17.9 Å². The van der Waals surface area contributed by atoms with Crippen molar-refractivity contribution >= 4 is 35.5 Å². The predicted octanol–water partition coefficient (Wildman–Crippen LogP) is 4.33. The number of thiophene rings is 1. The Hall–Kier alpha value is -0.480. The first-order chi connectivity index (χ1) is 7.81. The van der Waals surface area contributed by atoms with Crippen LogP contribution in [-0.4, -0.2) is 5.75 Å². The van der Waals surface area contributed by atoms with Gasteiger partial charge in [-0.15, -0.1) is 35.5 Å². The van der Waals surface area contributed by atoms with E-state index in [1.165, 1.54) is 15.3 Å². The summed E-state index contributed by atoms with van der Waals surface area (Å²) in [6.45, 7) is 2.16. The van der Waals surface area contributed by atoms with Gasteiger partial charge < -0.3 is 5.73 Å². The van der Waals surface area contributed by atoms with Gasteiger partial charge in [0.25, 0.3) is 0 Å². The number of rotatable bonds is 4. The quantitative estimate of drug-likeness (QED) is 0.846. The third-order valence-electron chi connectivity index (χ3n) is 2.40. The van der Waals surface area contributed by atoms with E-state index in [1.807, 2.05) is 17.8 Å². The lowest BCUT2D eigenvalue weighted by Crippen LogP contribution is -2.09. The minimum atomic E-state index is 0. The summed E-state index contributed by atoms with van der Waals surface area (Å²) >= 11 is 3.57. The van der Waals surface area contributed by atoms with Gasteiger partial charge in [0.1, 0.15) is 0 Å². The second-order valence-corrected chi connectivity index (χ2v) is 5.81. The van der Waals surface area contributed by atoms with Crippen LogP contribution in [0.5, 0.6) is 0 Å². The summed E-state index contributed by atoms with van der Waals surface area (Å²) in [6.07, 6.45) is 0. The van der Waals surface area contributed by atoms with Crippen LogP contribution in [0.2, 0.25) is 0 Å². The maximum absolute atomic E-state index is 6.19. The van der Waals surface area contributed by atoms with Gasteiger partial charge in [0.05, 0.1) is 6.04 Å². The Morgan fingerprint density at radius 1 is 1.24 bits per heavy atom. The molecule has 0 radical (unpaired) electrons. The molecule has 2 aromatic rings. The van der Waals surface area contributed by atoms with Crippen LogP contribution in [0.15, 0.2) is 46.7 Å². The van der Waals surface area contributed by atoms with Gasteiger partial charge in [0.15, 0.2) is 0 Å². The molecule has 2 rings (SSSR count). The van der Waals surface area contributed by atoms with Gasteiger partial charge in [-0.25, -0.2) is 0 Å². The van der Waals surface area contributed by atoms with Gasteiger partial charge in [0.2, 0.25) is 0 Å². The molecule has 0 bridgehead atoms. The summed E-state index contributed by atoms with van der Waals surface area (Å²) in [4.78, 5) is 2.53. The Morgan fingerprint density at radius 2 is 1.94 bits per heavy atom. The zero-order valence-corrected chi connectivity index (χ0v) is 12.1. The molecule has 0 amide bonds. The van der Waals surface area contributed by atoms with Gasteiger partial charge >= 0.3 is 0 Å². The van der Waals surface area contributed by atoms with Crippen molar-refractivity contribution < 1.29 is 0 Å². The fourth-order valence-electron chi connectivity index (χ4n) is 1.57. The van der Waals surface area contributed by atoms with Crippen LogP contribution in [0.4, 0.5) is 0 Å². The van der Waals surface area contributed by atoms with E-state index >= 15 is 0 Å². The van der Waals surface area contributed by atoms with Gasteiger partial charge in [-0.3, -0.25) is 0 Å². The first-order valence-corrected chi connectivity index (χ1v) is 7.19. The Labute approximate surface area is 117 Å². The largest absolute Gasteiger partial charge is 0.320 e. The summed E-state index contributed by atoms with van der Waals surface area (Å²) in [6, 6.07) is 12.7. The third-order valence-corrected chi connectivity index (χ3v) is 4.25. The molecule has 1 atom stereocenters. The van der Waals surface area contributed by atoms with E-state index in [0.29, 0.717) is 0 Å². The fraction of sp³-hybridized carbons (Fsp3) is 0.231. The Bertz CT molecular complexity index is 425. The van der Waals surface area contributed by atoms with Crippen molar-refractivity contribution in [2.75, 3.05) is 5.75 Å².